The molecular formula is C13H13BrFN3. The molecule has 0 saturated carbocycles. The Morgan fingerprint density at radius 3 is 2.61 bits per heavy atom. The molecule has 1 aromatic carbocycles. The molecule has 0 radical (unpaired) electrons. The quantitative estimate of drug-likeness (QED) is 0.923. The number of rotatable bonds is 2. The fourth-order valence-electron chi connectivity index (χ4n) is 1.82. The molecule has 1 heterocycles. The topological polar surface area (TPSA) is 51.8 Å². The molecule has 18 heavy (non-hydrogen) atoms. The average molecular weight is 310 g/mol. The Labute approximate surface area is 113 Å². The lowest BCUT2D eigenvalue weighted by molar-refractivity contribution is 0.621. The molecule has 0 atom stereocenters. The van der Waals surface area contributed by atoms with Gasteiger partial charge in [-0.05, 0) is 47.5 Å². The number of nitrogens with zero attached hydrogens (tertiary/aromatic N) is 2. The molecule has 2 N–H and O–H groups in total. The predicted molar refractivity (Wildman–Crippen MR) is 73.7 cm³/mol. The fraction of sp³-hybridized carbons (Fsp3) is 0.231. The van der Waals surface area contributed by atoms with Gasteiger partial charge in [-0.2, -0.15) is 0 Å². The van der Waals surface area contributed by atoms with Gasteiger partial charge in [0.25, 0.3) is 0 Å². The lowest BCUT2D eigenvalue weighted by Crippen LogP contribution is -2.04. The van der Waals surface area contributed by atoms with E-state index in [2.05, 4.69) is 25.9 Å². The van der Waals surface area contributed by atoms with Crippen LogP contribution in [-0.4, -0.2) is 9.97 Å². The van der Waals surface area contributed by atoms with Crippen LogP contribution in [0, 0.1) is 12.7 Å². The molecule has 94 valence electrons. The second-order valence-corrected chi connectivity index (χ2v) is 4.83. The smallest absolute Gasteiger partial charge is 0.161 e. The molecule has 3 nitrogen and oxygen atoms in total. The van der Waals surface area contributed by atoms with Crippen molar-refractivity contribution in [2.75, 3.05) is 5.73 Å². The Kier molecular flexibility index (Phi) is 3.61. The first-order valence-electron chi connectivity index (χ1n) is 5.61. The first-order valence-corrected chi connectivity index (χ1v) is 6.40. The van der Waals surface area contributed by atoms with Crippen LogP contribution in [0.4, 0.5) is 10.2 Å². The van der Waals surface area contributed by atoms with Gasteiger partial charge in [0, 0.05) is 16.8 Å². The third-order valence-corrected chi connectivity index (χ3v) is 3.38. The number of anilines is 1. The highest BCUT2D eigenvalue weighted by Gasteiger charge is 2.10. The number of nitrogen functional groups attached to an aromatic ring is 1. The Morgan fingerprint density at radius 2 is 2.06 bits per heavy atom. The molecule has 0 unspecified atom stereocenters. The van der Waals surface area contributed by atoms with Crippen LogP contribution in [-0.2, 0) is 6.42 Å². The van der Waals surface area contributed by atoms with Crippen molar-refractivity contribution in [1.29, 1.82) is 0 Å². The van der Waals surface area contributed by atoms with Crippen molar-refractivity contribution >= 4 is 21.7 Å². The van der Waals surface area contributed by atoms with Gasteiger partial charge in [-0.15, -0.1) is 0 Å². The minimum absolute atomic E-state index is 0.311. The zero-order chi connectivity index (χ0) is 13.3. The zero-order valence-corrected chi connectivity index (χ0v) is 11.8. The number of hydrogen-bond acceptors (Lipinski definition) is 3. The maximum Gasteiger partial charge on any atom is 0.161 e. The van der Waals surface area contributed by atoms with E-state index < -0.39 is 0 Å². The van der Waals surface area contributed by atoms with Crippen LogP contribution < -0.4 is 5.73 Å². The Balaban J connectivity index is 2.54. The van der Waals surface area contributed by atoms with Gasteiger partial charge >= 0.3 is 0 Å². The van der Waals surface area contributed by atoms with E-state index in [1.807, 2.05) is 13.8 Å². The number of halogens is 2. The molecule has 0 amide bonds. The van der Waals surface area contributed by atoms with Crippen molar-refractivity contribution in [1.82, 2.24) is 9.97 Å². The van der Waals surface area contributed by atoms with Gasteiger partial charge < -0.3 is 5.73 Å². The van der Waals surface area contributed by atoms with Crippen LogP contribution in [0.1, 0.15) is 18.2 Å². The minimum atomic E-state index is -0.311. The van der Waals surface area contributed by atoms with Crippen LogP contribution in [0.5, 0.6) is 0 Å². The summed E-state index contributed by atoms with van der Waals surface area (Å²) in [6, 6.07) is 4.66. The SMILES string of the molecule is CCc1c(C)nc(-c2ccc(F)c(Br)c2)nc1N. The van der Waals surface area contributed by atoms with Crippen molar-refractivity contribution in [2.45, 2.75) is 20.3 Å². The number of hydrogen-bond donors (Lipinski definition) is 1. The molecule has 2 rings (SSSR count). The summed E-state index contributed by atoms with van der Waals surface area (Å²) < 4.78 is 13.6. The Morgan fingerprint density at radius 1 is 1.33 bits per heavy atom. The molecule has 0 aliphatic heterocycles. The maximum absolute atomic E-state index is 13.2. The summed E-state index contributed by atoms with van der Waals surface area (Å²) in [5.74, 6) is 0.692. The first kappa shape index (κ1) is 13.0. The maximum atomic E-state index is 13.2. The summed E-state index contributed by atoms with van der Waals surface area (Å²) >= 11 is 3.15. The van der Waals surface area contributed by atoms with Gasteiger partial charge in [-0.1, -0.05) is 6.92 Å². The normalized spacial score (nSPS) is 10.7. The lowest BCUT2D eigenvalue weighted by atomic mass is 10.1. The summed E-state index contributed by atoms with van der Waals surface area (Å²) in [5, 5.41) is 0. The molecule has 0 bridgehead atoms. The predicted octanol–water partition coefficient (Wildman–Crippen LogP) is 3.50. The van der Waals surface area contributed by atoms with Crippen LogP contribution >= 0.6 is 15.9 Å². The molecule has 0 saturated heterocycles. The van der Waals surface area contributed by atoms with E-state index in [0.717, 1.165) is 23.2 Å². The highest BCUT2D eigenvalue weighted by molar-refractivity contribution is 9.10. The van der Waals surface area contributed by atoms with Gasteiger partial charge in [-0.3, -0.25) is 0 Å². The van der Waals surface area contributed by atoms with Crippen molar-refractivity contribution in [3.05, 3.63) is 39.7 Å². The molecule has 0 aliphatic carbocycles. The second-order valence-electron chi connectivity index (χ2n) is 3.98. The monoisotopic (exact) mass is 309 g/mol. The molecular weight excluding hydrogens is 297 g/mol. The van der Waals surface area contributed by atoms with Crippen molar-refractivity contribution < 1.29 is 4.39 Å². The first-order chi connectivity index (χ1) is 8.52. The number of aromatic nitrogens is 2. The van der Waals surface area contributed by atoms with Crippen molar-refractivity contribution in [3.63, 3.8) is 0 Å². The highest BCUT2D eigenvalue weighted by Crippen LogP contribution is 2.25. The number of benzene rings is 1. The van der Waals surface area contributed by atoms with Crippen LogP contribution in [0.3, 0.4) is 0 Å². The molecule has 0 spiro atoms. The lowest BCUT2D eigenvalue weighted by Gasteiger charge is -2.09. The zero-order valence-electron chi connectivity index (χ0n) is 10.2. The van der Waals surface area contributed by atoms with Crippen molar-refractivity contribution in [2.24, 2.45) is 0 Å². The second kappa shape index (κ2) is 5.02. The standard InChI is InChI=1S/C13H13BrFN3/c1-3-9-7(2)17-13(18-12(9)16)8-4-5-11(15)10(14)6-8/h4-6H,3H2,1-2H3,(H2,16,17,18). The van der Waals surface area contributed by atoms with E-state index in [0.29, 0.717) is 16.1 Å². The van der Waals surface area contributed by atoms with Crippen molar-refractivity contribution in [3.8, 4) is 11.4 Å². The van der Waals surface area contributed by atoms with E-state index in [9.17, 15) is 4.39 Å². The van der Waals surface area contributed by atoms with Crippen LogP contribution in [0.15, 0.2) is 22.7 Å². The molecule has 1 aromatic heterocycles. The summed E-state index contributed by atoms with van der Waals surface area (Å²) in [7, 11) is 0. The van der Waals surface area contributed by atoms with E-state index >= 15 is 0 Å². The minimum Gasteiger partial charge on any atom is -0.383 e. The van der Waals surface area contributed by atoms with Gasteiger partial charge in [0.05, 0.1) is 4.47 Å². The number of nitrogens with two attached hydrogens (primary N) is 1. The van der Waals surface area contributed by atoms with E-state index in [-0.39, 0.29) is 5.82 Å². The van der Waals surface area contributed by atoms with Gasteiger partial charge in [0.2, 0.25) is 0 Å². The van der Waals surface area contributed by atoms with Crippen LogP contribution in [0.25, 0.3) is 11.4 Å². The van der Waals surface area contributed by atoms with Gasteiger partial charge in [0.1, 0.15) is 11.6 Å². The summed E-state index contributed by atoms with van der Waals surface area (Å²) in [6.07, 6.45) is 0.797. The summed E-state index contributed by atoms with van der Waals surface area (Å²) in [4.78, 5) is 8.68. The summed E-state index contributed by atoms with van der Waals surface area (Å²) in [5.41, 5.74) is 8.46. The van der Waals surface area contributed by atoms with Crippen LogP contribution in [0.2, 0.25) is 0 Å². The highest BCUT2D eigenvalue weighted by atomic mass is 79.9. The largest absolute Gasteiger partial charge is 0.383 e. The molecule has 0 aliphatic rings. The van der Waals surface area contributed by atoms with E-state index in [4.69, 9.17) is 5.73 Å². The molecule has 5 heteroatoms. The fourth-order valence-corrected chi connectivity index (χ4v) is 2.20. The average Bonchev–Trinajstić information content (AvgIpc) is 2.32. The molecule has 0 fully saturated rings. The molecule has 2 aromatic rings. The Bertz CT molecular complexity index is 576. The Hall–Kier alpha value is -1.49. The summed E-state index contributed by atoms with van der Waals surface area (Å²) in [6.45, 7) is 3.91. The number of aryl methyl sites for hydroxylation is 1. The van der Waals surface area contributed by atoms with E-state index in [1.54, 1.807) is 12.1 Å². The third kappa shape index (κ3) is 2.36. The van der Waals surface area contributed by atoms with Gasteiger partial charge in [-0.25, -0.2) is 14.4 Å². The third-order valence-electron chi connectivity index (χ3n) is 2.78. The van der Waals surface area contributed by atoms with E-state index in [1.165, 1.54) is 6.07 Å². The van der Waals surface area contributed by atoms with Gasteiger partial charge in [0.15, 0.2) is 5.82 Å².